The van der Waals surface area contributed by atoms with Gasteiger partial charge in [-0.2, -0.15) is 0 Å². The molecule has 1 heterocycles. The molecule has 12 heavy (non-hydrogen) atoms. The van der Waals surface area contributed by atoms with Gasteiger partial charge in [0.1, 0.15) is 11.5 Å². The van der Waals surface area contributed by atoms with E-state index in [9.17, 15) is 4.79 Å². The maximum Gasteiger partial charge on any atom is 0.348 e. The fourth-order valence-corrected chi connectivity index (χ4v) is 1.27. The smallest absolute Gasteiger partial charge is 0.348 e. The third-order valence-electron chi connectivity index (χ3n) is 1.17. The van der Waals surface area contributed by atoms with Crippen molar-refractivity contribution in [3.8, 4) is 0 Å². The minimum atomic E-state index is -0.270. The van der Waals surface area contributed by atoms with Gasteiger partial charge < -0.3 is 4.74 Å². The lowest BCUT2D eigenvalue weighted by atomic mass is 10.4. The molecule has 0 aliphatic heterocycles. The molecule has 0 radical (unpaired) electrons. The van der Waals surface area contributed by atoms with Gasteiger partial charge in [-0.15, -0.1) is 11.3 Å². The van der Waals surface area contributed by atoms with Crippen molar-refractivity contribution in [1.29, 1.82) is 0 Å². The molecule has 0 spiro atoms. The molecule has 0 N–H and O–H groups in total. The van der Waals surface area contributed by atoms with Crippen LogP contribution >= 0.6 is 11.3 Å². The third kappa shape index (κ3) is 2.51. The molecule has 0 aliphatic rings. The molecule has 1 aromatic rings. The zero-order chi connectivity index (χ0) is 8.97. The fourth-order valence-electron chi connectivity index (χ4n) is 0.655. The highest BCUT2D eigenvalue weighted by Gasteiger charge is 2.06. The Bertz CT molecular complexity index is 275. The molecule has 0 fully saturated rings. The van der Waals surface area contributed by atoms with Crippen LogP contribution in [0.4, 0.5) is 0 Å². The Morgan fingerprint density at radius 2 is 2.50 bits per heavy atom. The normalized spacial score (nSPS) is 9.42. The summed E-state index contributed by atoms with van der Waals surface area (Å²) < 4.78 is 4.92. The van der Waals surface area contributed by atoms with Crippen LogP contribution in [0.2, 0.25) is 0 Å². The number of carbonyl (C=O) groups is 1. The summed E-state index contributed by atoms with van der Waals surface area (Å²) in [4.78, 5) is 11.8. The standard InChI is InChI=1S/C9H10O2S/c1-7(2)6-11-9(10)8-4-3-5-12-8/h3-5H,1,6H2,2H3. The molecule has 0 amide bonds. The molecule has 0 saturated heterocycles. The van der Waals surface area contributed by atoms with Crippen molar-refractivity contribution in [2.45, 2.75) is 6.92 Å². The fraction of sp³-hybridized carbons (Fsp3) is 0.222. The lowest BCUT2D eigenvalue weighted by molar-refractivity contribution is 0.0546. The molecule has 1 aromatic heterocycles. The Labute approximate surface area is 75.5 Å². The van der Waals surface area contributed by atoms with E-state index < -0.39 is 0 Å². The summed E-state index contributed by atoms with van der Waals surface area (Å²) in [6, 6.07) is 3.56. The Balaban J connectivity index is 2.45. The molecule has 64 valence electrons. The molecule has 0 bridgehead atoms. The van der Waals surface area contributed by atoms with Gasteiger partial charge in [0.2, 0.25) is 0 Å². The lowest BCUT2D eigenvalue weighted by Crippen LogP contribution is -2.04. The molecule has 2 nitrogen and oxygen atoms in total. The second-order valence-corrected chi connectivity index (χ2v) is 3.46. The van der Waals surface area contributed by atoms with Gasteiger partial charge in [0.05, 0.1) is 0 Å². The molecule has 1 rings (SSSR count). The molecular formula is C9H10O2S. The van der Waals surface area contributed by atoms with Gasteiger partial charge in [0.25, 0.3) is 0 Å². The number of carbonyl (C=O) groups excluding carboxylic acids is 1. The van der Waals surface area contributed by atoms with Gasteiger partial charge in [0.15, 0.2) is 0 Å². The summed E-state index contributed by atoms with van der Waals surface area (Å²) in [5.41, 5.74) is 0.847. The van der Waals surface area contributed by atoms with Crippen LogP contribution < -0.4 is 0 Å². The largest absolute Gasteiger partial charge is 0.457 e. The maximum atomic E-state index is 11.2. The number of esters is 1. The van der Waals surface area contributed by atoms with Crippen molar-refractivity contribution in [1.82, 2.24) is 0 Å². The van der Waals surface area contributed by atoms with Crippen molar-refractivity contribution in [3.63, 3.8) is 0 Å². The number of thiophene rings is 1. The molecule has 0 atom stereocenters. The molecular weight excluding hydrogens is 172 g/mol. The number of hydrogen-bond donors (Lipinski definition) is 0. The second-order valence-electron chi connectivity index (χ2n) is 2.51. The Morgan fingerprint density at radius 1 is 1.75 bits per heavy atom. The van der Waals surface area contributed by atoms with Crippen LogP contribution in [0, 0.1) is 0 Å². The molecule has 0 aromatic carbocycles. The number of rotatable bonds is 3. The van der Waals surface area contributed by atoms with E-state index in [2.05, 4.69) is 6.58 Å². The Kier molecular flexibility index (Phi) is 3.05. The van der Waals surface area contributed by atoms with E-state index in [0.29, 0.717) is 11.5 Å². The summed E-state index contributed by atoms with van der Waals surface area (Å²) in [6.07, 6.45) is 0. The Hall–Kier alpha value is -1.09. The molecule has 0 unspecified atom stereocenters. The van der Waals surface area contributed by atoms with Gasteiger partial charge in [0, 0.05) is 0 Å². The van der Waals surface area contributed by atoms with Crippen molar-refractivity contribution in [3.05, 3.63) is 34.5 Å². The molecule has 0 aliphatic carbocycles. The highest BCUT2D eigenvalue weighted by Crippen LogP contribution is 2.10. The highest BCUT2D eigenvalue weighted by molar-refractivity contribution is 7.11. The van der Waals surface area contributed by atoms with Crippen LogP contribution in [0.25, 0.3) is 0 Å². The van der Waals surface area contributed by atoms with E-state index in [1.165, 1.54) is 11.3 Å². The van der Waals surface area contributed by atoms with E-state index >= 15 is 0 Å². The van der Waals surface area contributed by atoms with Crippen LogP contribution in [-0.2, 0) is 4.74 Å². The summed E-state index contributed by atoms with van der Waals surface area (Å²) in [6.45, 7) is 5.76. The topological polar surface area (TPSA) is 26.3 Å². The first kappa shape index (κ1) is 9.00. The van der Waals surface area contributed by atoms with E-state index in [0.717, 1.165) is 5.57 Å². The van der Waals surface area contributed by atoms with E-state index in [-0.39, 0.29) is 5.97 Å². The third-order valence-corrected chi connectivity index (χ3v) is 2.02. The van der Waals surface area contributed by atoms with Crippen LogP contribution in [0.1, 0.15) is 16.6 Å². The first-order chi connectivity index (χ1) is 5.70. The predicted octanol–water partition coefficient (Wildman–Crippen LogP) is 2.48. The van der Waals surface area contributed by atoms with Crippen LogP contribution in [0.3, 0.4) is 0 Å². The van der Waals surface area contributed by atoms with Gasteiger partial charge in [-0.3, -0.25) is 0 Å². The zero-order valence-electron chi connectivity index (χ0n) is 6.87. The molecule has 0 saturated carbocycles. The monoisotopic (exact) mass is 182 g/mol. The summed E-state index contributed by atoms with van der Waals surface area (Å²) in [7, 11) is 0. The number of ether oxygens (including phenoxy) is 1. The Morgan fingerprint density at radius 3 is 3.00 bits per heavy atom. The number of hydrogen-bond acceptors (Lipinski definition) is 3. The van der Waals surface area contributed by atoms with Crippen molar-refractivity contribution < 1.29 is 9.53 Å². The van der Waals surface area contributed by atoms with Crippen LogP contribution in [0.15, 0.2) is 29.7 Å². The van der Waals surface area contributed by atoms with Crippen LogP contribution in [0.5, 0.6) is 0 Å². The van der Waals surface area contributed by atoms with Crippen LogP contribution in [-0.4, -0.2) is 12.6 Å². The lowest BCUT2D eigenvalue weighted by Gasteiger charge is -2.00. The van der Waals surface area contributed by atoms with Crippen molar-refractivity contribution in [2.24, 2.45) is 0 Å². The summed E-state index contributed by atoms with van der Waals surface area (Å²) in [5, 5.41) is 1.84. The van der Waals surface area contributed by atoms with E-state index in [1.807, 2.05) is 18.4 Å². The average Bonchev–Trinajstić information content (AvgIpc) is 2.51. The first-order valence-electron chi connectivity index (χ1n) is 3.55. The van der Waals surface area contributed by atoms with Gasteiger partial charge in [-0.25, -0.2) is 4.79 Å². The predicted molar refractivity (Wildman–Crippen MR) is 49.4 cm³/mol. The second kappa shape index (κ2) is 4.07. The maximum absolute atomic E-state index is 11.2. The first-order valence-corrected chi connectivity index (χ1v) is 4.43. The minimum Gasteiger partial charge on any atom is -0.457 e. The summed E-state index contributed by atoms with van der Waals surface area (Å²) in [5.74, 6) is -0.270. The minimum absolute atomic E-state index is 0.270. The van der Waals surface area contributed by atoms with Gasteiger partial charge in [-0.05, 0) is 23.9 Å². The zero-order valence-corrected chi connectivity index (χ0v) is 7.69. The van der Waals surface area contributed by atoms with E-state index in [1.54, 1.807) is 6.07 Å². The summed E-state index contributed by atoms with van der Waals surface area (Å²) >= 11 is 1.38. The van der Waals surface area contributed by atoms with Crippen molar-refractivity contribution in [2.75, 3.05) is 6.61 Å². The van der Waals surface area contributed by atoms with E-state index in [4.69, 9.17) is 4.74 Å². The quantitative estimate of drug-likeness (QED) is 0.530. The van der Waals surface area contributed by atoms with Gasteiger partial charge in [-0.1, -0.05) is 12.6 Å². The average molecular weight is 182 g/mol. The van der Waals surface area contributed by atoms with Gasteiger partial charge >= 0.3 is 5.97 Å². The molecule has 3 heteroatoms. The highest BCUT2D eigenvalue weighted by atomic mass is 32.1. The SMILES string of the molecule is C=C(C)COC(=O)c1cccs1. The van der Waals surface area contributed by atoms with Crippen molar-refractivity contribution >= 4 is 17.3 Å².